The van der Waals surface area contributed by atoms with Crippen LogP contribution >= 0.6 is 0 Å². The third kappa shape index (κ3) is 3.15. The van der Waals surface area contributed by atoms with E-state index in [-0.39, 0.29) is 12.1 Å². The summed E-state index contributed by atoms with van der Waals surface area (Å²) in [4.78, 5) is 2.55. The highest BCUT2D eigenvalue weighted by molar-refractivity contribution is 5.38. The Morgan fingerprint density at radius 1 is 1.29 bits per heavy atom. The maximum atomic E-state index is 9.96. The van der Waals surface area contributed by atoms with Gasteiger partial charge in [0.25, 0.3) is 0 Å². The van der Waals surface area contributed by atoms with Crippen molar-refractivity contribution in [3.63, 3.8) is 0 Å². The molecule has 1 fully saturated rings. The Morgan fingerprint density at radius 2 is 2.05 bits per heavy atom. The van der Waals surface area contributed by atoms with Crippen LogP contribution in [0, 0.1) is 5.92 Å². The zero-order valence-electron chi connectivity index (χ0n) is 13.1. The van der Waals surface area contributed by atoms with E-state index < -0.39 is 0 Å². The van der Waals surface area contributed by atoms with E-state index in [1.165, 1.54) is 37.1 Å². The van der Waals surface area contributed by atoms with Crippen molar-refractivity contribution in [2.45, 2.75) is 38.1 Å². The van der Waals surface area contributed by atoms with Gasteiger partial charge >= 0.3 is 0 Å². The predicted octanol–water partition coefficient (Wildman–Crippen LogP) is 2.14. The number of fused-ring (bicyclic) bond motifs is 1. The predicted molar refractivity (Wildman–Crippen MR) is 86.4 cm³/mol. The number of nitrogens with zero attached hydrogens (tertiary/aromatic N) is 1. The van der Waals surface area contributed by atoms with Gasteiger partial charge in [-0.1, -0.05) is 31.2 Å². The number of rotatable bonds is 5. The van der Waals surface area contributed by atoms with Gasteiger partial charge in [0.15, 0.2) is 0 Å². The summed E-state index contributed by atoms with van der Waals surface area (Å²) >= 11 is 0. The van der Waals surface area contributed by atoms with E-state index in [2.05, 4.69) is 41.4 Å². The smallest absolute Gasteiger partial charge is 0.0675 e. The molecule has 1 aliphatic heterocycles. The Kier molecular flexibility index (Phi) is 4.63. The molecule has 1 aromatic rings. The van der Waals surface area contributed by atoms with Crippen molar-refractivity contribution >= 4 is 0 Å². The summed E-state index contributed by atoms with van der Waals surface area (Å²) in [6, 6.07) is 8.55. The quantitative estimate of drug-likeness (QED) is 0.871. The van der Waals surface area contributed by atoms with Crippen LogP contribution in [-0.4, -0.2) is 42.8 Å². The lowest BCUT2D eigenvalue weighted by Crippen LogP contribution is -2.47. The first kappa shape index (κ1) is 15.0. The van der Waals surface area contributed by atoms with Crippen LogP contribution in [0.3, 0.4) is 0 Å². The molecule has 0 spiro atoms. The van der Waals surface area contributed by atoms with Crippen LogP contribution in [-0.2, 0) is 12.0 Å². The van der Waals surface area contributed by atoms with Gasteiger partial charge in [0.2, 0.25) is 0 Å². The first-order chi connectivity index (χ1) is 10.2. The minimum absolute atomic E-state index is 0.195. The van der Waals surface area contributed by atoms with E-state index in [1.54, 1.807) is 0 Å². The van der Waals surface area contributed by atoms with Gasteiger partial charge in [-0.15, -0.1) is 0 Å². The molecule has 21 heavy (non-hydrogen) atoms. The Balaban J connectivity index is 1.56. The van der Waals surface area contributed by atoms with E-state index in [0.717, 1.165) is 31.8 Å². The van der Waals surface area contributed by atoms with Crippen molar-refractivity contribution in [1.82, 2.24) is 10.2 Å². The topological polar surface area (TPSA) is 35.5 Å². The average molecular weight is 288 g/mol. The lowest BCUT2D eigenvalue weighted by molar-refractivity contribution is 0.144. The molecule has 0 bridgehead atoms. The third-order valence-electron chi connectivity index (χ3n) is 5.39. The molecular formula is C18H28N2O. The second-order valence-corrected chi connectivity index (χ2v) is 6.85. The number of likely N-dealkylation sites (tertiary alicyclic amines) is 1. The second kappa shape index (κ2) is 6.47. The molecule has 1 atom stereocenters. The molecule has 2 N–H and O–H groups in total. The lowest BCUT2D eigenvalue weighted by Gasteiger charge is -2.33. The SMILES string of the molecule is CC1CCN(CCNC2(CO)CCc3ccccc32)CC1. The summed E-state index contributed by atoms with van der Waals surface area (Å²) in [5.41, 5.74) is 2.49. The first-order valence-corrected chi connectivity index (χ1v) is 8.40. The number of nitrogens with one attached hydrogen (secondary N) is 1. The minimum Gasteiger partial charge on any atom is -0.394 e. The largest absolute Gasteiger partial charge is 0.394 e. The molecule has 1 aromatic carbocycles. The molecule has 1 heterocycles. The standard InChI is InChI=1S/C18H28N2O/c1-15-7-11-20(12-8-15)13-10-19-18(14-21)9-6-16-4-2-3-5-17(16)18/h2-5,15,19,21H,6-14H2,1H3. The molecule has 1 saturated heterocycles. The Bertz CT molecular complexity index is 468. The summed E-state index contributed by atoms with van der Waals surface area (Å²) in [7, 11) is 0. The minimum atomic E-state index is -0.209. The Labute approximate surface area is 128 Å². The highest BCUT2D eigenvalue weighted by atomic mass is 16.3. The molecule has 0 aromatic heterocycles. The van der Waals surface area contributed by atoms with E-state index in [9.17, 15) is 5.11 Å². The number of hydrogen-bond donors (Lipinski definition) is 2. The summed E-state index contributed by atoms with van der Waals surface area (Å²) in [5, 5.41) is 13.6. The van der Waals surface area contributed by atoms with Crippen LogP contribution in [0.1, 0.15) is 37.3 Å². The average Bonchev–Trinajstić information content (AvgIpc) is 2.89. The van der Waals surface area contributed by atoms with Gasteiger partial charge in [0.1, 0.15) is 0 Å². The fourth-order valence-electron chi connectivity index (χ4n) is 3.83. The van der Waals surface area contributed by atoms with E-state index in [1.807, 2.05) is 0 Å². The fraction of sp³-hybridized carbons (Fsp3) is 0.667. The zero-order valence-corrected chi connectivity index (χ0v) is 13.1. The van der Waals surface area contributed by atoms with Gasteiger partial charge in [0.05, 0.1) is 12.1 Å². The molecule has 0 amide bonds. The molecule has 0 saturated carbocycles. The summed E-state index contributed by atoms with van der Waals surface area (Å²) in [6.45, 7) is 7.06. The van der Waals surface area contributed by atoms with E-state index in [4.69, 9.17) is 0 Å². The molecule has 3 rings (SSSR count). The van der Waals surface area contributed by atoms with Crippen LogP contribution in [0.4, 0.5) is 0 Å². The molecule has 116 valence electrons. The van der Waals surface area contributed by atoms with Crippen molar-refractivity contribution in [3.8, 4) is 0 Å². The van der Waals surface area contributed by atoms with Gasteiger partial charge in [0, 0.05) is 13.1 Å². The Hall–Kier alpha value is -0.900. The lowest BCUT2D eigenvalue weighted by atomic mass is 9.92. The van der Waals surface area contributed by atoms with Crippen LogP contribution in [0.25, 0.3) is 0 Å². The van der Waals surface area contributed by atoms with Crippen molar-refractivity contribution in [2.75, 3.05) is 32.8 Å². The van der Waals surface area contributed by atoms with Crippen molar-refractivity contribution in [1.29, 1.82) is 0 Å². The van der Waals surface area contributed by atoms with Crippen molar-refractivity contribution in [2.24, 2.45) is 5.92 Å². The van der Waals surface area contributed by atoms with Gasteiger partial charge in [-0.2, -0.15) is 0 Å². The highest BCUT2D eigenvalue weighted by Gasteiger charge is 2.37. The molecular weight excluding hydrogens is 260 g/mol. The monoisotopic (exact) mass is 288 g/mol. The van der Waals surface area contributed by atoms with E-state index in [0.29, 0.717) is 0 Å². The molecule has 1 aliphatic carbocycles. The fourth-order valence-corrected chi connectivity index (χ4v) is 3.83. The van der Waals surface area contributed by atoms with Gasteiger partial charge in [-0.25, -0.2) is 0 Å². The first-order valence-electron chi connectivity index (χ1n) is 8.40. The zero-order chi connectivity index (χ0) is 14.7. The molecule has 0 radical (unpaired) electrons. The number of piperidine rings is 1. The van der Waals surface area contributed by atoms with Crippen molar-refractivity contribution in [3.05, 3.63) is 35.4 Å². The van der Waals surface area contributed by atoms with Crippen LogP contribution in [0.15, 0.2) is 24.3 Å². The number of aliphatic hydroxyl groups is 1. The summed E-state index contributed by atoms with van der Waals surface area (Å²) < 4.78 is 0. The number of hydrogen-bond acceptors (Lipinski definition) is 3. The third-order valence-corrected chi connectivity index (χ3v) is 5.39. The van der Waals surface area contributed by atoms with Crippen molar-refractivity contribution < 1.29 is 5.11 Å². The number of aryl methyl sites for hydroxylation is 1. The van der Waals surface area contributed by atoms with Crippen LogP contribution in [0.2, 0.25) is 0 Å². The van der Waals surface area contributed by atoms with Gasteiger partial charge in [-0.05, 0) is 55.8 Å². The second-order valence-electron chi connectivity index (χ2n) is 6.85. The molecule has 2 aliphatic rings. The maximum Gasteiger partial charge on any atom is 0.0675 e. The Morgan fingerprint density at radius 3 is 2.81 bits per heavy atom. The maximum absolute atomic E-state index is 9.96. The van der Waals surface area contributed by atoms with Gasteiger partial charge < -0.3 is 15.3 Å². The van der Waals surface area contributed by atoms with Gasteiger partial charge in [-0.3, -0.25) is 0 Å². The normalized spacial score (nSPS) is 27.0. The summed E-state index contributed by atoms with van der Waals surface area (Å²) in [6.07, 6.45) is 4.74. The highest BCUT2D eigenvalue weighted by Crippen LogP contribution is 2.36. The van der Waals surface area contributed by atoms with Crippen LogP contribution in [0.5, 0.6) is 0 Å². The van der Waals surface area contributed by atoms with E-state index >= 15 is 0 Å². The summed E-state index contributed by atoms with van der Waals surface area (Å²) in [5.74, 6) is 0.889. The number of benzene rings is 1. The molecule has 3 nitrogen and oxygen atoms in total. The number of aliphatic hydroxyl groups excluding tert-OH is 1. The van der Waals surface area contributed by atoms with Crippen LogP contribution < -0.4 is 5.32 Å². The molecule has 1 unspecified atom stereocenters. The molecule has 3 heteroatoms.